The van der Waals surface area contributed by atoms with Gasteiger partial charge in [0.05, 0.1) is 6.10 Å². The van der Waals surface area contributed by atoms with E-state index in [1.165, 1.54) is 0 Å². The molecule has 0 aromatic heterocycles. The van der Waals surface area contributed by atoms with Gasteiger partial charge in [-0.25, -0.2) is 0 Å². The smallest absolute Gasteiger partial charge is 0.251 e. The number of carbonyl (C=O) groups is 2. The van der Waals surface area contributed by atoms with Crippen LogP contribution in [0.5, 0.6) is 0 Å². The Balaban J connectivity index is 0.00000338. The van der Waals surface area contributed by atoms with Gasteiger partial charge >= 0.3 is 0 Å². The summed E-state index contributed by atoms with van der Waals surface area (Å²) in [7, 11) is 3.92. The third-order valence-corrected chi connectivity index (χ3v) is 4.16. The van der Waals surface area contributed by atoms with E-state index in [-0.39, 0.29) is 42.7 Å². The predicted molar refractivity (Wildman–Crippen MR) is 111 cm³/mol. The van der Waals surface area contributed by atoms with E-state index in [1.807, 2.05) is 31.1 Å². The molecule has 0 saturated carbocycles. The Morgan fingerprint density at radius 1 is 1.22 bits per heavy atom. The zero-order valence-electron chi connectivity index (χ0n) is 15.8. The minimum Gasteiger partial charge on any atom is -0.364 e. The topological polar surface area (TPSA) is 96.7 Å². The number of halogens is 2. The molecule has 1 aromatic carbocycles. The fourth-order valence-corrected chi connectivity index (χ4v) is 2.69. The van der Waals surface area contributed by atoms with Crippen LogP contribution in [0.1, 0.15) is 28.8 Å². The van der Waals surface area contributed by atoms with Crippen LogP contribution in [0.25, 0.3) is 0 Å². The number of nitrogens with zero attached hydrogens (tertiary/aromatic N) is 1. The van der Waals surface area contributed by atoms with Gasteiger partial charge in [-0.3, -0.25) is 9.59 Å². The first kappa shape index (κ1) is 25.6. The average molecular weight is 421 g/mol. The van der Waals surface area contributed by atoms with Gasteiger partial charge in [0.1, 0.15) is 6.10 Å². The van der Waals surface area contributed by atoms with Crippen LogP contribution in [0, 0.1) is 0 Å². The highest BCUT2D eigenvalue weighted by Crippen LogP contribution is 2.19. The van der Waals surface area contributed by atoms with Crippen molar-refractivity contribution in [3.05, 3.63) is 35.4 Å². The largest absolute Gasteiger partial charge is 0.364 e. The summed E-state index contributed by atoms with van der Waals surface area (Å²) in [5.41, 5.74) is 7.03. The van der Waals surface area contributed by atoms with Crippen molar-refractivity contribution in [1.29, 1.82) is 0 Å². The molecule has 0 aliphatic carbocycles. The Morgan fingerprint density at radius 2 is 1.96 bits per heavy atom. The van der Waals surface area contributed by atoms with E-state index in [9.17, 15) is 9.59 Å². The lowest BCUT2D eigenvalue weighted by molar-refractivity contribution is -0.132. The van der Waals surface area contributed by atoms with Crippen molar-refractivity contribution in [2.45, 2.75) is 31.6 Å². The molecule has 27 heavy (non-hydrogen) atoms. The molecule has 1 heterocycles. The Hall–Kier alpha value is -1.38. The first-order valence-electron chi connectivity index (χ1n) is 8.64. The maximum Gasteiger partial charge on any atom is 0.251 e. The molecule has 2 rings (SSSR count). The molecule has 1 fully saturated rings. The Bertz CT molecular complexity index is 602. The zero-order chi connectivity index (χ0) is 18.2. The highest BCUT2D eigenvalue weighted by Gasteiger charge is 2.29. The van der Waals surface area contributed by atoms with Crippen molar-refractivity contribution in [2.24, 2.45) is 5.73 Å². The lowest BCUT2D eigenvalue weighted by Crippen LogP contribution is -2.35. The summed E-state index contributed by atoms with van der Waals surface area (Å²) in [6.45, 7) is 2.18. The molecule has 4 N–H and O–H groups in total. The van der Waals surface area contributed by atoms with Crippen LogP contribution in [0.15, 0.2) is 24.3 Å². The second kappa shape index (κ2) is 12.9. The molecule has 2 amide bonds. The van der Waals surface area contributed by atoms with Crippen molar-refractivity contribution in [3.8, 4) is 0 Å². The fraction of sp³-hybridized carbons (Fsp3) is 0.556. The molecule has 1 aliphatic heterocycles. The molecule has 7 nitrogen and oxygen atoms in total. The van der Waals surface area contributed by atoms with Crippen LogP contribution in [-0.4, -0.2) is 62.7 Å². The molecule has 1 aromatic rings. The number of rotatable bonds is 8. The molecule has 2 atom stereocenters. The normalized spacial score (nSPS) is 18.4. The molecule has 0 spiro atoms. The summed E-state index contributed by atoms with van der Waals surface area (Å²) in [6, 6.07) is 7.26. The van der Waals surface area contributed by atoms with E-state index in [0.717, 1.165) is 18.5 Å². The van der Waals surface area contributed by atoms with Crippen LogP contribution in [0.3, 0.4) is 0 Å². The molecule has 9 heteroatoms. The SMILES string of the molecule is CN(C)CCNC(=O)c1cccc(CNC(=O)[C@@H]2CC[C@H](CN)O2)c1.Cl.Cl. The zero-order valence-corrected chi connectivity index (χ0v) is 17.4. The number of hydrogen-bond acceptors (Lipinski definition) is 5. The third kappa shape index (κ3) is 8.45. The van der Waals surface area contributed by atoms with Gasteiger partial charge in [-0.05, 0) is 44.6 Å². The minimum absolute atomic E-state index is 0. The van der Waals surface area contributed by atoms with Crippen LogP contribution in [-0.2, 0) is 16.1 Å². The van der Waals surface area contributed by atoms with Gasteiger partial charge in [0.25, 0.3) is 5.91 Å². The molecular formula is C18H30Cl2N4O3. The summed E-state index contributed by atoms with van der Waals surface area (Å²) < 4.78 is 5.58. The first-order chi connectivity index (χ1) is 12.0. The third-order valence-electron chi connectivity index (χ3n) is 4.16. The van der Waals surface area contributed by atoms with E-state index in [4.69, 9.17) is 10.5 Å². The van der Waals surface area contributed by atoms with Crippen molar-refractivity contribution >= 4 is 36.6 Å². The van der Waals surface area contributed by atoms with Crippen molar-refractivity contribution in [1.82, 2.24) is 15.5 Å². The van der Waals surface area contributed by atoms with Crippen LogP contribution >= 0.6 is 24.8 Å². The van der Waals surface area contributed by atoms with Crippen LogP contribution in [0.4, 0.5) is 0 Å². The summed E-state index contributed by atoms with van der Waals surface area (Å²) in [5.74, 6) is -0.239. The summed E-state index contributed by atoms with van der Waals surface area (Å²) in [4.78, 5) is 26.3. The maximum atomic E-state index is 12.1. The highest BCUT2D eigenvalue weighted by molar-refractivity contribution is 5.94. The van der Waals surface area contributed by atoms with E-state index in [1.54, 1.807) is 12.1 Å². The lowest BCUT2D eigenvalue weighted by atomic mass is 10.1. The van der Waals surface area contributed by atoms with Gasteiger partial charge in [0.15, 0.2) is 0 Å². The second-order valence-electron chi connectivity index (χ2n) is 6.54. The standard InChI is InChI=1S/C18H28N4O3.2ClH/c1-22(2)9-8-20-17(23)14-5-3-4-13(10-14)12-21-18(24)16-7-6-15(11-19)25-16;;/h3-5,10,15-16H,6-9,11-12,19H2,1-2H3,(H,20,23)(H,21,24);2*1H/t15-,16+;;/m1../s1. The minimum atomic E-state index is -0.425. The molecule has 0 bridgehead atoms. The fourth-order valence-electron chi connectivity index (χ4n) is 2.69. The number of amides is 2. The van der Waals surface area contributed by atoms with E-state index in [2.05, 4.69) is 10.6 Å². The number of benzene rings is 1. The number of carbonyl (C=O) groups excluding carboxylic acids is 2. The molecule has 1 saturated heterocycles. The van der Waals surface area contributed by atoms with E-state index in [0.29, 0.717) is 31.6 Å². The molecule has 0 radical (unpaired) electrons. The number of ether oxygens (including phenoxy) is 1. The predicted octanol–water partition coefficient (Wildman–Crippen LogP) is 0.944. The summed E-state index contributed by atoms with van der Waals surface area (Å²) >= 11 is 0. The first-order valence-corrected chi connectivity index (χ1v) is 8.64. The maximum absolute atomic E-state index is 12.1. The van der Waals surface area contributed by atoms with E-state index < -0.39 is 6.10 Å². The van der Waals surface area contributed by atoms with Gasteiger partial charge < -0.3 is 26.0 Å². The van der Waals surface area contributed by atoms with Crippen molar-refractivity contribution in [3.63, 3.8) is 0 Å². The quantitative estimate of drug-likeness (QED) is 0.581. The Kier molecular flexibility index (Phi) is 12.2. The van der Waals surface area contributed by atoms with Crippen molar-refractivity contribution in [2.75, 3.05) is 33.7 Å². The average Bonchev–Trinajstić information content (AvgIpc) is 3.09. The number of nitrogens with two attached hydrogens (primary N) is 1. The van der Waals surface area contributed by atoms with Crippen LogP contribution in [0.2, 0.25) is 0 Å². The second-order valence-corrected chi connectivity index (χ2v) is 6.54. The molecule has 154 valence electrons. The number of hydrogen-bond donors (Lipinski definition) is 3. The van der Waals surface area contributed by atoms with Gasteiger partial charge in [0.2, 0.25) is 5.91 Å². The molecular weight excluding hydrogens is 391 g/mol. The number of nitrogens with one attached hydrogen (secondary N) is 2. The number of likely N-dealkylation sites (N-methyl/N-ethyl adjacent to an activating group) is 1. The van der Waals surface area contributed by atoms with Gasteiger partial charge in [-0.2, -0.15) is 0 Å². The lowest BCUT2D eigenvalue weighted by Gasteiger charge is -2.13. The Labute approximate surface area is 173 Å². The van der Waals surface area contributed by atoms with Crippen molar-refractivity contribution < 1.29 is 14.3 Å². The van der Waals surface area contributed by atoms with Crippen LogP contribution < -0.4 is 16.4 Å². The van der Waals surface area contributed by atoms with Gasteiger partial charge in [0, 0.05) is 31.7 Å². The van der Waals surface area contributed by atoms with Gasteiger partial charge in [-0.15, -0.1) is 24.8 Å². The molecule has 1 aliphatic rings. The monoisotopic (exact) mass is 420 g/mol. The highest BCUT2D eigenvalue weighted by atomic mass is 35.5. The van der Waals surface area contributed by atoms with E-state index >= 15 is 0 Å². The summed E-state index contributed by atoms with van der Waals surface area (Å²) in [5, 5.41) is 5.75. The van der Waals surface area contributed by atoms with Gasteiger partial charge in [-0.1, -0.05) is 12.1 Å². The molecule has 0 unspecified atom stereocenters. The summed E-state index contributed by atoms with van der Waals surface area (Å²) in [6.07, 6.45) is 1.06. The Morgan fingerprint density at radius 3 is 2.59 bits per heavy atom.